The molecule has 8 N–H and O–H groups in total. The van der Waals surface area contributed by atoms with Gasteiger partial charge < -0.3 is 79.0 Å². The smallest absolute Gasteiger partial charge is 0.244 e. The summed E-state index contributed by atoms with van der Waals surface area (Å²) in [4.78, 5) is 13.3. The van der Waals surface area contributed by atoms with E-state index in [0.29, 0.717) is 48.3 Å². The molecule has 5 saturated heterocycles. The lowest BCUT2D eigenvalue weighted by Crippen LogP contribution is -2.67. The molecule has 396 valence electrons. The number of hydrogen-bond acceptors (Lipinski definition) is 16. The molecule has 10 rings (SSSR count). The summed E-state index contributed by atoms with van der Waals surface area (Å²) in [6.45, 7) is 13.2. The highest BCUT2D eigenvalue weighted by atomic mass is 16.8. The topological polar surface area (TPSA) is 245 Å². The van der Waals surface area contributed by atoms with Crippen molar-refractivity contribution in [3.05, 3.63) is 53.6 Å². The lowest BCUT2D eigenvalue weighted by Gasteiger charge is -2.59. The molecule has 5 heterocycles. The van der Waals surface area contributed by atoms with Gasteiger partial charge in [-0.25, -0.2) is 0 Å². The Labute approximate surface area is 417 Å². The van der Waals surface area contributed by atoms with Crippen molar-refractivity contribution < 1.29 is 78.4 Å². The monoisotopic (exact) mass is 998 g/mol. The van der Waals surface area contributed by atoms with Crippen LogP contribution in [0.15, 0.2) is 48.1 Å². The van der Waals surface area contributed by atoms with E-state index >= 15 is 0 Å². The van der Waals surface area contributed by atoms with Gasteiger partial charge in [0.25, 0.3) is 0 Å². The third kappa shape index (κ3) is 9.42. The van der Waals surface area contributed by atoms with Gasteiger partial charge in [-0.1, -0.05) is 69.7 Å². The van der Waals surface area contributed by atoms with Crippen molar-refractivity contribution >= 4 is 12.0 Å². The molecular weight excluding hydrogens is 919 g/mol. The number of aliphatic hydroxyl groups excluding tert-OH is 7. The quantitative estimate of drug-likeness (QED) is 0.124. The Bertz CT molecular complexity index is 2090. The number of hydrogen-bond donors (Lipinski definition) is 8. The maximum absolute atomic E-state index is 13.3. The van der Waals surface area contributed by atoms with Crippen LogP contribution in [-0.2, 0) is 42.7 Å². The van der Waals surface area contributed by atoms with Gasteiger partial charge in [0.05, 0.1) is 31.0 Å². The number of ether oxygens (including phenoxy) is 8. The number of carbonyl (C=O) groups is 1. The van der Waals surface area contributed by atoms with Crippen LogP contribution in [0, 0.1) is 46.3 Å². The summed E-state index contributed by atoms with van der Waals surface area (Å²) in [5.41, 5.74) is 2.26. The van der Waals surface area contributed by atoms with Crippen LogP contribution in [0.1, 0.15) is 105 Å². The van der Waals surface area contributed by atoms with E-state index in [1.807, 2.05) is 30.3 Å². The zero-order chi connectivity index (χ0) is 50.3. The summed E-state index contributed by atoms with van der Waals surface area (Å²) in [5.74, 6) is 2.03. The van der Waals surface area contributed by atoms with Crippen LogP contribution in [-0.4, -0.2) is 165 Å². The lowest BCUT2D eigenvalue weighted by atomic mass is 9.47. The normalized spacial score (nSPS) is 51.8. The Balaban J connectivity index is 0.890. The molecule has 1 amide bonds. The highest BCUT2D eigenvalue weighted by Crippen LogP contribution is 2.70. The zero-order valence-corrected chi connectivity index (χ0v) is 42.0. The molecule has 9 aliphatic rings. The summed E-state index contributed by atoms with van der Waals surface area (Å²) in [5, 5.41) is 80.0. The fourth-order valence-electron chi connectivity index (χ4n) is 15.0. The number of allylic oxidation sites excluding steroid dienone is 1. The average Bonchev–Trinajstić information content (AvgIpc) is 3.81. The zero-order valence-electron chi connectivity index (χ0n) is 42.0. The van der Waals surface area contributed by atoms with Crippen LogP contribution in [0.4, 0.5) is 0 Å². The van der Waals surface area contributed by atoms with Gasteiger partial charge in [0.1, 0.15) is 61.0 Å². The van der Waals surface area contributed by atoms with Crippen molar-refractivity contribution in [2.45, 2.75) is 209 Å². The Morgan fingerprint density at radius 2 is 1.42 bits per heavy atom. The lowest BCUT2D eigenvalue weighted by molar-refractivity contribution is -0.386. The number of benzene rings is 1. The molecule has 4 aliphatic carbocycles. The first-order valence-corrected chi connectivity index (χ1v) is 26.5. The first-order chi connectivity index (χ1) is 33.8. The summed E-state index contributed by atoms with van der Waals surface area (Å²) in [6.07, 6.45) is -8.03. The first-order valence-electron chi connectivity index (χ1n) is 26.5. The van der Waals surface area contributed by atoms with Crippen molar-refractivity contribution in [1.29, 1.82) is 0 Å². The van der Waals surface area contributed by atoms with Crippen LogP contribution in [0.3, 0.4) is 0 Å². The molecule has 8 fully saturated rings. The second-order valence-electron chi connectivity index (χ2n) is 23.4. The second-order valence-corrected chi connectivity index (χ2v) is 23.4. The second kappa shape index (κ2) is 20.3. The van der Waals surface area contributed by atoms with E-state index in [1.165, 1.54) is 25.5 Å². The molecule has 0 radical (unpaired) electrons. The van der Waals surface area contributed by atoms with Crippen molar-refractivity contribution in [2.75, 3.05) is 13.2 Å². The molecule has 0 unspecified atom stereocenters. The fourth-order valence-corrected chi connectivity index (χ4v) is 15.0. The molecule has 26 atom stereocenters. The molecule has 17 heteroatoms. The first kappa shape index (κ1) is 52.0. The Kier molecular flexibility index (Phi) is 14.8. The molecule has 1 spiro atoms. The maximum atomic E-state index is 13.3. The minimum Gasteiger partial charge on any atom is -0.388 e. The summed E-state index contributed by atoms with van der Waals surface area (Å²) in [7, 11) is 0. The highest BCUT2D eigenvalue weighted by Gasteiger charge is 2.69. The summed E-state index contributed by atoms with van der Waals surface area (Å²) >= 11 is 0. The van der Waals surface area contributed by atoms with Gasteiger partial charge >= 0.3 is 0 Å². The number of amides is 1. The number of rotatable bonds is 10. The number of carbonyl (C=O) groups excluding carboxylic acids is 1. The number of fused-ring (bicyclic) bond motifs is 7. The fraction of sp³-hybridized carbons (Fsp3) is 0.796. The maximum Gasteiger partial charge on any atom is 0.244 e. The van der Waals surface area contributed by atoms with E-state index in [9.17, 15) is 40.5 Å². The minimum absolute atomic E-state index is 0.0523. The molecule has 3 saturated carbocycles. The van der Waals surface area contributed by atoms with Gasteiger partial charge in [-0.3, -0.25) is 4.79 Å². The van der Waals surface area contributed by atoms with Crippen molar-refractivity contribution in [1.82, 2.24) is 5.32 Å². The van der Waals surface area contributed by atoms with Crippen LogP contribution in [0.2, 0.25) is 0 Å². The molecule has 1 aromatic carbocycles. The molecule has 5 aliphatic heterocycles. The molecule has 0 bridgehead atoms. The van der Waals surface area contributed by atoms with Gasteiger partial charge in [-0.15, -0.1) is 0 Å². The Morgan fingerprint density at radius 1 is 0.746 bits per heavy atom. The SMILES string of the molecule is C[C@@H]1CC[C@@]2(OC1)O[C@H]1C[C@H]3[C@@H]4CC=C5C[C@@H](O[C@@H]6O[C@H](CNC(=O)/C=C/c7ccccc7)[C@@H](O[C@H]7O[C@H](C)[C@@H](O)[C@H](O)[C@@H]7O)[C@H](O)[C@H]6O[C@H]6O[C@H](C)[C@@H](O)[C@H](O)[C@@H]6O)CC[C@]5(C)[C@H]4CC[C@]3(C)[C@H]1[C@@H]2C. The van der Waals surface area contributed by atoms with Crippen LogP contribution >= 0.6 is 0 Å². The standard InChI is InChI=1S/C54H79NO16/c1-26-16-21-54(64-25-26)27(2)39-36(71-54)23-35-33-14-13-31-22-32(17-19-52(31,5)34(33)18-20-53(35,39)6)67-51-48(70-50-45(62)43(60)41(58)29(4)66-50)46(63)47(69-49-44(61)42(59)40(57)28(3)65-49)37(68-51)24-55-38(56)15-12-30-10-8-7-9-11-30/h7-13,15,26-29,32-37,39-51,57-63H,14,16-25H2,1-6H3,(H,55,56)/b15-12+/t26-,27+,28-,29-,32+,33-,34+,35+,36+,37-,39+,40-,41-,42+,43+,44+,45+,46+,47-,48-,49-,50-,51-,52+,53+,54-/m1/s1. The van der Waals surface area contributed by atoms with E-state index < -0.39 is 110 Å². The minimum atomic E-state index is -1.75. The van der Waals surface area contributed by atoms with E-state index in [1.54, 1.807) is 6.08 Å². The molecular formula is C54H79NO16. The van der Waals surface area contributed by atoms with E-state index in [-0.39, 0.29) is 23.5 Å². The molecule has 71 heavy (non-hydrogen) atoms. The highest BCUT2D eigenvalue weighted by molar-refractivity contribution is 5.91. The predicted octanol–water partition coefficient (Wildman–Crippen LogP) is 3.08. The van der Waals surface area contributed by atoms with Crippen molar-refractivity contribution in [2.24, 2.45) is 46.3 Å². The van der Waals surface area contributed by atoms with Gasteiger partial charge in [0.15, 0.2) is 24.7 Å². The third-order valence-corrected chi connectivity index (χ3v) is 19.2. The Morgan fingerprint density at radius 3 is 2.08 bits per heavy atom. The van der Waals surface area contributed by atoms with Gasteiger partial charge in [0.2, 0.25) is 5.91 Å². The van der Waals surface area contributed by atoms with Gasteiger partial charge in [-0.05, 0) is 117 Å². The van der Waals surface area contributed by atoms with Crippen LogP contribution in [0.25, 0.3) is 6.08 Å². The summed E-state index contributed by atoms with van der Waals surface area (Å²) in [6, 6.07) is 9.27. The van der Waals surface area contributed by atoms with E-state index in [2.05, 4.69) is 39.1 Å². The van der Waals surface area contributed by atoms with Crippen molar-refractivity contribution in [3.63, 3.8) is 0 Å². The summed E-state index contributed by atoms with van der Waals surface area (Å²) < 4.78 is 51.4. The van der Waals surface area contributed by atoms with Crippen molar-refractivity contribution in [3.8, 4) is 0 Å². The third-order valence-electron chi connectivity index (χ3n) is 19.2. The number of nitrogens with one attached hydrogen (secondary N) is 1. The van der Waals surface area contributed by atoms with Gasteiger partial charge in [-0.2, -0.15) is 0 Å². The average molecular weight is 998 g/mol. The van der Waals surface area contributed by atoms with Crippen LogP contribution < -0.4 is 5.32 Å². The van der Waals surface area contributed by atoms with Crippen LogP contribution in [0.5, 0.6) is 0 Å². The van der Waals surface area contributed by atoms with Gasteiger partial charge in [0, 0.05) is 25.0 Å². The largest absolute Gasteiger partial charge is 0.388 e. The Hall–Kier alpha value is -2.43. The predicted molar refractivity (Wildman–Crippen MR) is 254 cm³/mol. The van der Waals surface area contributed by atoms with E-state index in [4.69, 9.17) is 37.9 Å². The molecule has 1 aromatic rings. The van der Waals surface area contributed by atoms with E-state index in [0.717, 1.165) is 57.1 Å². The molecule has 17 nitrogen and oxygen atoms in total. The number of aliphatic hydroxyl groups is 7. The molecule has 0 aromatic heterocycles.